The van der Waals surface area contributed by atoms with E-state index in [-0.39, 0.29) is 0 Å². The van der Waals surface area contributed by atoms with Crippen LogP contribution in [0.1, 0.15) is 72.1 Å². The van der Waals surface area contributed by atoms with Crippen molar-refractivity contribution in [2.24, 2.45) is 5.92 Å². The zero-order valence-corrected chi connectivity index (χ0v) is 14.2. The third-order valence-electron chi connectivity index (χ3n) is 3.94. The first-order valence-corrected chi connectivity index (χ1v) is 8.77. The lowest BCUT2D eigenvalue weighted by molar-refractivity contribution is -0.133. The van der Waals surface area contributed by atoms with Crippen molar-refractivity contribution in [3.05, 3.63) is 24.3 Å². The van der Waals surface area contributed by atoms with Gasteiger partial charge in [-0.1, -0.05) is 44.1 Å². The van der Waals surface area contributed by atoms with Crippen LogP contribution in [0.5, 0.6) is 0 Å². The van der Waals surface area contributed by atoms with Crippen LogP contribution in [0.15, 0.2) is 24.3 Å². The summed E-state index contributed by atoms with van der Waals surface area (Å²) in [4.78, 5) is 14.1. The first kappa shape index (κ1) is 18.0. The number of amides is 1. The summed E-state index contributed by atoms with van der Waals surface area (Å²) < 4.78 is 0. The van der Waals surface area contributed by atoms with Crippen LogP contribution in [-0.4, -0.2) is 23.4 Å². The summed E-state index contributed by atoms with van der Waals surface area (Å²) in [6, 6.07) is 0.307. The predicted molar refractivity (Wildman–Crippen MR) is 91.2 cm³/mol. The Morgan fingerprint density at radius 2 is 1.67 bits per heavy atom. The number of hydrogen-bond donors (Lipinski definition) is 0. The normalized spacial score (nSPS) is 15.4. The summed E-state index contributed by atoms with van der Waals surface area (Å²) in [5.74, 6) is 0.678. The highest BCUT2D eigenvalue weighted by Gasteiger charge is 2.33. The van der Waals surface area contributed by atoms with Crippen molar-refractivity contribution in [2.45, 2.75) is 78.2 Å². The van der Waals surface area contributed by atoms with Gasteiger partial charge in [0.15, 0.2) is 0 Å². The Balaban J connectivity index is 2.13. The molecule has 0 spiro atoms. The first-order chi connectivity index (χ1) is 10.2. The van der Waals surface area contributed by atoms with Crippen LogP contribution >= 0.6 is 0 Å². The minimum Gasteiger partial charge on any atom is -0.336 e. The van der Waals surface area contributed by atoms with Crippen molar-refractivity contribution >= 4 is 5.91 Å². The Hall–Kier alpha value is -1.05. The molecule has 0 atom stereocenters. The second kappa shape index (κ2) is 10.6. The number of unbranched alkanes of at least 4 members (excludes halogenated alkanes) is 4. The molecule has 1 aliphatic carbocycles. The van der Waals surface area contributed by atoms with E-state index in [9.17, 15) is 4.79 Å². The van der Waals surface area contributed by atoms with Gasteiger partial charge < -0.3 is 4.90 Å². The number of carbonyl (C=O) groups excluding carboxylic acids is 1. The number of carbonyl (C=O) groups is 1. The molecule has 0 saturated heterocycles. The topological polar surface area (TPSA) is 20.3 Å². The fourth-order valence-corrected chi connectivity index (χ4v) is 2.37. The van der Waals surface area contributed by atoms with Crippen molar-refractivity contribution < 1.29 is 4.79 Å². The van der Waals surface area contributed by atoms with E-state index >= 15 is 0 Å². The molecule has 0 unspecified atom stereocenters. The van der Waals surface area contributed by atoms with Gasteiger partial charge in [-0.3, -0.25) is 4.79 Å². The lowest BCUT2D eigenvalue weighted by atomic mass is 10.2. The molecule has 0 aromatic heterocycles. The predicted octanol–water partition coefficient (Wildman–Crippen LogP) is 5.11. The molecule has 2 nitrogen and oxygen atoms in total. The molecule has 0 aromatic rings. The van der Waals surface area contributed by atoms with Crippen LogP contribution in [0, 0.1) is 5.92 Å². The van der Waals surface area contributed by atoms with E-state index in [1.807, 2.05) is 4.90 Å². The molecule has 1 fully saturated rings. The SMILES string of the molecule is CCCCCC=CCCC=CCN(C(=O)C1CC1)C(C)C. The van der Waals surface area contributed by atoms with Crippen LogP contribution < -0.4 is 0 Å². The zero-order chi connectivity index (χ0) is 15.5. The van der Waals surface area contributed by atoms with Crippen molar-refractivity contribution in [2.75, 3.05) is 6.54 Å². The fourth-order valence-electron chi connectivity index (χ4n) is 2.37. The van der Waals surface area contributed by atoms with E-state index in [0.29, 0.717) is 17.9 Å². The number of rotatable bonds is 11. The highest BCUT2D eigenvalue weighted by molar-refractivity contribution is 5.81. The van der Waals surface area contributed by atoms with Crippen molar-refractivity contribution in [3.63, 3.8) is 0 Å². The fraction of sp³-hybridized carbons (Fsp3) is 0.737. The summed E-state index contributed by atoms with van der Waals surface area (Å²) in [7, 11) is 0. The van der Waals surface area contributed by atoms with E-state index in [4.69, 9.17) is 0 Å². The molecule has 1 aliphatic rings. The van der Waals surface area contributed by atoms with Crippen LogP contribution in [0.4, 0.5) is 0 Å². The van der Waals surface area contributed by atoms with Crippen molar-refractivity contribution in [3.8, 4) is 0 Å². The van der Waals surface area contributed by atoms with Gasteiger partial charge >= 0.3 is 0 Å². The summed E-state index contributed by atoms with van der Waals surface area (Å²) in [6.07, 6.45) is 18.5. The first-order valence-electron chi connectivity index (χ1n) is 8.77. The molecule has 120 valence electrons. The molecule has 0 radical (unpaired) electrons. The largest absolute Gasteiger partial charge is 0.336 e. The molecule has 2 heteroatoms. The van der Waals surface area contributed by atoms with E-state index < -0.39 is 0 Å². The van der Waals surface area contributed by atoms with Crippen LogP contribution in [0.2, 0.25) is 0 Å². The van der Waals surface area contributed by atoms with E-state index in [1.165, 1.54) is 25.7 Å². The van der Waals surface area contributed by atoms with Gasteiger partial charge in [0.1, 0.15) is 0 Å². The molecule has 0 bridgehead atoms. The second-order valence-corrected chi connectivity index (χ2v) is 6.37. The van der Waals surface area contributed by atoms with Gasteiger partial charge in [-0.2, -0.15) is 0 Å². The highest BCUT2D eigenvalue weighted by atomic mass is 16.2. The van der Waals surface area contributed by atoms with Crippen molar-refractivity contribution in [1.29, 1.82) is 0 Å². The average Bonchev–Trinajstić information content (AvgIpc) is 3.28. The number of allylic oxidation sites excluding steroid dienone is 3. The highest BCUT2D eigenvalue weighted by Crippen LogP contribution is 2.31. The maximum absolute atomic E-state index is 12.1. The molecular formula is C19H33NO. The van der Waals surface area contributed by atoms with Gasteiger partial charge in [0.25, 0.3) is 0 Å². The molecular weight excluding hydrogens is 258 g/mol. The third-order valence-corrected chi connectivity index (χ3v) is 3.94. The summed E-state index contributed by atoms with van der Waals surface area (Å²) in [5, 5.41) is 0. The summed E-state index contributed by atoms with van der Waals surface area (Å²) in [5.41, 5.74) is 0. The van der Waals surface area contributed by atoms with E-state index in [0.717, 1.165) is 32.2 Å². The lowest BCUT2D eigenvalue weighted by Crippen LogP contribution is -2.38. The Labute approximate surface area is 131 Å². The van der Waals surface area contributed by atoms with E-state index in [2.05, 4.69) is 45.1 Å². The van der Waals surface area contributed by atoms with Gasteiger partial charge in [0.2, 0.25) is 5.91 Å². The Morgan fingerprint density at radius 1 is 1.05 bits per heavy atom. The molecule has 21 heavy (non-hydrogen) atoms. The van der Waals surface area contributed by atoms with Gasteiger partial charge in [-0.25, -0.2) is 0 Å². The maximum Gasteiger partial charge on any atom is 0.226 e. The molecule has 0 N–H and O–H groups in total. The second-order valence-electron chi connectivity index (χ2n) is 6.37. The average molecular weight is 291 g/mol. The standard InChI is InChI=1S/C19H33NO/c1-4-5-6-7-8-9-10-11-12-13-16-20(17(2)3)19(21)18-14-15-18/h8-9,12-13,17-18H,4-7,10-11,14-16H2,1-3H3. The quantitative estimate of drug-likeness (QED) is 0.383. The van der Waals surface area contributed by atoms with E-state index in [1.54, 1.807) is 0 Å². The van der Waals surface area contributed by atoms with Crippen LogP contribution in [0.3, 0.4) is 0 Å². The minimum atomic E-state index is 0.307. The summed E-state index contributed by atoms with van der Waals surface area (Å²) >= 11 is 0. The number of hydrogen-bond acceptors (Lipinski definition) is 1. The summed E-state index contributed by atoms with van der Waals surface area (Å²) in [6.45, 7) is 7.22. The molecule has 1 rings (SSSR count). The van der Waals surface area contributed by atoms with Gasteiger partial charge in [-0.15, -0.1) is 0 Å². The Morgan fingerprint density at radius 3 is 2.24 bits per heavy atom. The lowest BCUT2D eigenvalue weighted by Gasteiger charge is -2.25. The van der Waals surface area contributed by atoms with Crippen molar-refractivity contribution in [1.82, 2.24) is 4.90 Å². The van der Waals surface area contributed by atoms with Crippen LogP contribution in [-0.2, 0) is 4.79 Å². The molecule has 0 aliphatic heterocycles. The smallest absolute Gasteiger partial charge is 0.226 e. The monoisotopic (exact) mass is 291 g/mol. The zero-order valence-electron chi connectivity index (χ0n) is 14.2. The Bertz CT molecular complexity index is 339. The van der Waals surface area contributed by atoms with Gasteiger partial charge in [-0.05, 0) is 52.4 Å². The number of nitrogens with zero attached hydrogens (tertiary/aromatic N) is 1. The van der Waals surface area contributed by atoms with Gasteiger partial charge in [0.05, 0.1) is 0 Å². The van der Waals surface area contributed by atoms with Crippen LogP contribution in [0.25, 0.3) is 0 Å². The third kappa shape index (κ3) is 8.08. The van der Waals surface area contributed by atoms with Gasteiger partial charge in [0, 0.05) is 18.5 Å². The molecule has 1 amide bonds. The molecule has 1 saturated carbocycles. The molecule has 0 aromatic carbocycles. The molecule has 0 heterocycles. The Kier molecular flexibility index (Phi) is 9.12. The minimum absolute atomic E-state index is 0.307. The maximum atomic E-state index is 12.1.